The van der Waals surface area contributed by atoms with Crippen LogP contribution in [0.1, 0.15) is 38.2 Å². The summed E-state index contributed by atoms with van der Waals surface area (Å²) in [4.78, 5) is 13.7. The number of aryl methyl sites for hydroxylation is 2. The van der Waals surface area contributed by atoms with E-state index in [0.717, 1.165) is 29.0 Å². The molecule has 0 aliphatic carbocycles. The van der Waals surface area contributed by atoms with Crippen LogP contribution in [0.5, 0.6) is 0 Å². The van der Waals surface area contributed by atoms with Gasteiger partial charge in [-0.3, -0.25) is 4.79 Å². The molecule has 0 saturated carbocycles. The highest BCUT2D eigenvalue weighted by molar-refractivity contribution is 7.14. The van der Waals surface area contributed by atoms with Crippen LogP contribution >= 0.6 is 11.3 Å². The van der Waals surface area contributed by atoms with Crippen LogP contribution in [0.3, 0.4) is 0 Å². The quantitative estimate of drug-likeness (QED) is 0.815. The monoisotopic (exact) mass is 351 g/mol. The number of carbonyl (C=O) groups is 1. The minimum absolute atomic E-state index is 0.0769. The second-order valence-corrected chi connectivity index (χ2v) is 6.36. The van der Waals surface area contributed by atoms with Gasteiger partial charge in [-0.25, -0.2) is 0 Å². The molecule has 1 N–H and O–H groups in total. The fraction of sp³-hybridized carbons (Fsp3) is 0.278. The lowest BCUT2D eigenvalue weighted by atomic mass is 10.1. The Morgan fingerprint density at radius 2 is 2.04 bits per heavy atom. The van der Waals surface area contributed by atoms with E-state index < -0.39 is 11.7 Å². The lowest BCUT2D eigenvalue weighted by Gasteiger charge is -2.05. The van der Waals surface area contributed by atoms with E-state index in [1.807, 2.05) is 19.9 Å². The number of amides is 1. The van der Waals surface area contributed by atoms with Crippen LogP contribution < -0.4 is 5.32 Å². The smallest absolute Gasteiger partial charge is 0.340 e. The van der Waals surface area contributed by atoms with Gasteiger partial charge in [0.05, 0.1) is 17.0 Å². The third-order valence-electron chi connectivity index (χ3n) is 3.39. The van der Waals surface area contributed by atoms with E-state index in [1.54, 1.807) is 0 Å². The molecule has 0 aliphatic rings. The van der Waals surface area contributed by atoms with Gasteiger partial charge < -0.3 is 5.32 Å². The molecule has 6 heteroatoms. The highest BCUT2D eigenvalue weighted by Crippen LogP contribution is 2.29. The third-order valence-corrected chi connectivity index (χ3v) is 4.48. The molecule has 126 valence electrons. The van der Waals surface area contributed by atoms with E-state index in [-0.39, 0.29) is 18.0 Å². The average molecular weight is 351 g/mol. The minimum atomic E-state index is -4.39. The fourth-order valence-electron chi connectivity index (χ4n) is 2.11. The average Bonchev–Trinajstić information content (AvgIpc) is 2.92. The van der Waals surface area contributed by atoms with Crippen LogP contribution in [-0.2, 0) is 12.6 Å². The first-order chi connectivity index (χ1) is 11.3. The summed E-state index contributed by atoms with van der Waals surface area (Å²) in [5, 5.41) is 2.65. The second-order valence-electron chi connectivity index (χ2n) is 5.11. The number of rotatable bonds is 3. The molecule has 2 aromatic rings. The number of benzene rings is 1. The summed E-state index contributed by atoms with van der Waals surface area (Å²) in [5.74, 6) is 5.08. The number of thiophene rings is 1. The Hall–Kier alpha value is -2.26. The Kier molecular flexibility index (Phi) is 5.68. The molecular weight excluding hydrogens is 335 g/mol. The van der Waals surface area contributed by atoms with Gasteiger partial charge in [-0.05, 0) is 43.2 Å². The lowest BCUT2D eigenvalue weighted by molar-refractivity contribution is -0.137. The van der Waals surface area contributed by atoms with Crippen molar-refractivity contribution >= 4 is 17.2 Å². The summed E-state index contributed by atoms with van der Waals surface area (Å²) in [7, 11) is 0. The first-order valence-electron chi connectivity index (χ1n) is 7.35. The Morgan fingerprint density at radius 3 is 2.67 bits per heavy atom. The van der Waals surface area contributed by atoms with Gasteiger partial charge in [-0.2, -0.15) is 13.2 Å². The highest BCUT2D eigenvalue weighted by Gasteiger charge is 2.30. The van der Waals surface area contributed by atoms with Gasteiger partial charge in [0.25, 0.3) is 5.91 Å². The van der Waals surface area contributed by atoms with E-state index in [4.69, 9.17) is 0 Å². The first kappa shape index (κ1) is 18.1. The van der Waals surface area contributed by atoms with E-state index in [9.17, 15) is 18.0 Å². The first-order valence-corrected chi connectivity index (χ1v) is 8.16. The van der Waals surface area contributed by atoms with Crippen LogP contribution in [0.15, 0.2) is 30.3 Å². The molecule has 0 fully saturated rings. The van der Waals surface area contributed by atoms with Gasteiger partial charge in [0, 0.05) is 10.4 Å². The molecule has 0 bridgehead atoms. The van der Waals surface area contributed by atoms with Gasteiger partial charge in [0.1, 0.15) is 0 Å². The molecule has 0 atom stereocenters. The number of hydrogen-bond acceptors (Lipinski definition) is 2. The highest BCUT2D eigenvalue weighted by atomic mass is 32.1. The summed E-state index contributed by atoms with van der Waals surface area (Å²) in [6.45, 7) is 4.07. The summed E-state index contributed by atoms with van der Waals surface area (Å²) in [5.41, 5.74) is 0.666. The van der Waals surface area contributed by atoms with Crippen molar-refractivity contribution in [2.75, 3.05) is 6.54 Å². The van der Waals surface area contributed by atoms with Gasteiger partial charge in [0.2, 0.25) is 0 Å². The Labute approximate surface area is 142 Å². The van der Waals surface area contributed by atoms with Crippen LogP contribution in [0, 0.1) is 18.8 Å². The third kappa shape index (κ3) is 4.62. The summed E-state index contributed by atoms with van der Waals surface area (Å²) in [6, 6.07) is 6.66. The van der Waals surface area contributed by atoms with Crippen molar-refractivity contribution in [2.24, 2.45) is 0 Å². The second kappa shape index (κ2) is 7.54. The maximum absolute atomic E-state index is 12.6. The fourth-order valence-corrected chi connectivity index (χ4v) is 3.14. The number of nitrogens with one attached hydrogen (secondary N) is 1. The maximum Gasteiger partial charge on any atom is 0.416 e. The zero-order chi connectivity index (χ0) is 17.7. The molecular formula is C18H16F3NOS. The zero-order valence-corrected chi connectivity index (χ0v) is 14.1. The van der Waals surface area contributed by atoms with Crippen molar-refractivity contribution in [1.29, 1.82) is 0 Å². The molecule has 1 amide bonds. The number of alkyl halides is 3. The largest absolute Gasteiger partial charge is 0.416 e. The topological polar surface area (TPSA) is 29.1 Å². The Morgan fingerprint density at radius 1 is 1.29 bits per heavy atom. The number of halogens is 3. The van der Waals surface area contributed by atoms with Crippen molar-refractivity contribution in [2.45, 2.75) is 26.4 Å². The number of carbonyl (C=O) groups excluding carboxylic acids is 1. The van der Waals surface area contributed by atoms with E-state index in [0.29, 0.717) is 4.88 Å². The standard InChI is InChI=1S/C18H16F3NOS/c1-3-14-11-16(24-12(14)2)17(23)22-9-5-7-13-6-4-8-15(10-13)18(19,20)21/h4,6,8,10-11H,3,9H2,1-2H3,(H,22,23). The molecule has 2 rings (SSSR count). The predicted molar refractivity (Wildman–Crippen MR) is 89.1 cm³/mol. The molecule has 2 nitrogen and oxygen atoms in total. The van der Waals surface area contributed by atoms with Gasteiger partial charge in [-0.1, -0.05) is 24.8 Å². The predicted octanol–water partition coefficient (Wildman–Crippen LogP) is 4.42. The molecule has 1 heterocycles. The SMILES string of the molecule is CCc1cc(C(=O)NCC#Cc2cccc(C(F)(F)F)c2)sc1C. The normalized spacial score (nSPS) is 10.9. The van der Waals surface area contributed by atoms with Crippen molar-refractivity contribution in [3.05, 3.63) is 56.8 Å². The molecule has 0 saturated heterocycles. The van der Waals surface area contributed by atoms with Gasteiger partial charge in [-0.15, -0.1) is 11.3 Å². The van der Waals surface area contributed by atoms with Gasteiger partial charge in [0.15, 0.2) is 0 Å². The number of hydrogen-bond donors (Lipinski definition) is 1. The van der Waals surface area contributed by atoms with Gasteiger partial charge >= 0.3 is 6.18 Å². The van der Waals surface area contributed by atoms with Crippen molar-refractivity contribution in [3.8, 4) is 11.8 Å². The van der Waals surface area contributed by atoms with E-state index >= 15 is 0 Å². The van der Waals surface area contributed by atoms with Crippen LogP contribution in [0.2, 0.25) is 0 Å². The molecule has 24 heavy (non-hydrogen) atoms. The van der Waals surface area contributed by atoms with Crippen LogP contribution in [0.4, 0.5) is 13.2 Å². The molecule has 0 unspecified atom stereocenters. The van der Waals surface area contributed by atoms with Crippen LogP contribution in [-0.4, -0.2) is 12.5 Å². The van der Waals surface area contributed by atoms with Crippen molar-refractivity contribution < 1.29 is 18.0 Å². The summed E-state index contributed by atoms with van der Waals surface area (Å²) in [6.07, 6.45) is -3.52. The van der Waals surface area contributed by atoms with E-state index in [2.05, 4.69) is 17.2 Å². The maximum atomic E-state index is 12.6. The lowest BCUT2D eigenvalue weighted by Crippen LogP contribution is -2.22. The minimum Gasteiger partial charge on any atom is -0.340 e. The molecule has 0 radical (unpaired) electrons. The molecule has 1 aromatic heterocycles. The zero-order valence-electron chi connectivity index (χ0n) is 13.3. The van der Waals surface area contributed by atoms with E-state index in [1.165, 1.54) is 23.5 Å². The molecule has 0 spiro atoms. The molecule has 0 aliphatic heterocycles. The Bertz CT molecular complexity index is 797. The summed E-state index contributed by atoms with van der Waals surface area (Å²) >= 11 is 1.42. The van der Waals surface area contributed by atoms with Crippen LogP contribution in [0.25, 0.3) is 0 Å². The summed E-state index contributed by atoms with van der Waals surface area (Å²) < 4.78 is 37.8. The molecule has 1 aromatic carbocycles. The van der Waals surface area contributed by atoms with Crippen molar-refractivity contribution in [3.63, 3.8) is 0 Å². The Balaban J connectivity index is 1.97. The van der Waals surface area contributed by atoms with Crippen molar-refractivity contribution in [1.82, 2.24) is 5.32 Å².